The molecule has 28 heavy (non-hydrogen) atoms. The second-order valence-corrected chi connectivity index (χ2v) is 6.46. The quantitative estimate of drug-likeness (QED) is 0.537. The summed E-state index contributed by atoms with van der Waals surface area (Å²) < 4.78 is 46.4. The molecule has 0 aliphatic carbocycles. The number of unbranched alkanes of at least 4 members (excludes halogenated alkanes) is 1. The molecule has 1 heterocycles. The number of nitrogens with one attached hydrogen (secondary N) is 2. The number of rotatable bonds is 7. The van der Waals surface area contributed by atoms with Gasteiger partial charge in [-0.3, -0.25) is 0 Å². The number of halogens is 3. The highest BCUT2D eigenvalue weighted by molar-refractivity contribution is 5.91. The van der Waals surface area contributed by atoms with Crippen molar-refractivity contribution in [2.24, 2.45) is 0 Å². The first-order valence-corrected chi connectivity index (χ1v) is 9.15. The molecule has 1 amide bonds. The molecule has 0 unspecified atom stereocenters. The number of ether oxygens (including phenoxy) is 1. The zero-order valence-electron chi connectivity index (χ0n) is 15.5. The Morgan fingerprint density at radius 2 is 1.86 bits per heavy atom. The molecule has 2 N–H and O–H groups in total. The van der Waals surface area contributed by atoms with Crippen LogP contribution in [0.5, 0.6) is 0 Å². The minimum atomic E-state index is -0.720. The van der Waals surface area contributed by atoms with Gasteiger partial charge in [-0.05, 0) is 47.9 Å². The predicted octanol–water partition coefficient (Wildman–Crippen LogP) is 5.32. The number of aromatic amines is 1. The molecule has 0 saturated heterocycles. The van der Waals surface area contributed by atoms with Crippen molar-refractivity contribution in [3.63, 3.8) is 0 Å². The van der Waals surface area contributed by atoms with E-state index in [0.717, 1.165) is 18.9 Å². The summed E-state index contributed by atoms with van der Waals surface area (Å²) in [6.07, 6.45) is 1.52. The van der Waals surface area contributed by atoms with Crippen molar-refractivity contribution in [3.05, 3.63) is 59.4 Å². The Hall–Kier alpha value is -2.96. The zero-order chi connectivity index (χ0) is 20.1. The van der Waals surface area contributed by atoms with Gasteiger partial charge in [0.1, 0.15) is 17.5 Å². The van der Waals surface area contributed by atoms with Crippen molar-refractivity contribution in [1.29, 1.82) is 0 Å². The predicted molar refractivity (Wildman–Crippen MR) is 102 cm³/mol. The molecule has 3 rings (SSSR count). The molecule has 0 fully saturated rings. The average molecular weight is 390 g/mol. The van der Waals surface area contributed by atoms with Gasteiger partial charge < -0.3 is 15.0 Å². The maximum Gasteiger partial charge on any atom is 0.407 e. The van der Waals surface area contributed by atoms with E-state index in [0.29, 0.717) is 28.8 Å². The lowest BCUT2D eigenvalue weighted by molar-refractivity contribution is 0.147. The lowest BCUT2D eigenvalue weighted by atomic mass is 10.0. The van der Waals surface area contributed by atoms with E-state index in [2.05, 4.69) is 10.3 Å². The Morgan fingerprint density at radius 3 is 2.57 bits per heavy atom. The fraction of sp³-hybridized carbons (Fsp3) is 0.286. The summed E-state index contributed by atoms with van der Waals surface area (Å²) >= 11 is 0. The van der Waals surface area contributed by atoms with Crippen molar-refractivity contribution in [1.82, 2.24) is 10.3 Å². The van der Waals surface area contributed by atoms with Crippen LogP contribution < -0.4 is 5.32 Å². The third-order valence-corrected chi connectivity index (χ3v) is 4.45. The fourth-order valence-electron chi connectivity index (χ4n) is 3.06. The van der Waals surface area contributed by atoms with E-state index in [1.165, 1.54) is 18.2 Å². The lowest BCUT2D eigenvalue weighted by Crippen LogP contribution is -2.25. The van der Waals surface area contributed by atoms with Crippen molar-refractivity contribution >= 4 is 17.0 Å². The summed E-state index contributed by atoms with van der Waals surface area (Å²) in [5.41, 5.74) is 1.92. The van der Waals surface area contributed by atoms with E-state index >= 15 is 0 Å². The van der Waals surface area contributed by atoms with E-state index in [1.807, 2.05) is 6.92 Å². The number of H-pyrrole nitrogens is 1. The Labute approximate surface area is 160 Å². The normalized spacial score (nSPS) is 11.0. The first-order valence-electron chi connectivity index (χ1n) is 9.15. The smallest absolute Gasteiger partial charge is 0.407 e. The zero-order valence-corrected chi connectivity index (χ0v) is 15.5. The summed E-state index contributed by atoms with van der Waals surface area (Å²) in [7, 11) is 0. The van der Waals surface area contributed by atoms with E-state index in [1.54, 1.807) is 12.1 Å². The van der Waals surface area contributed by atoms with E-state index in [-0.39, 0.29) is 18.5 Å². The van der Waals surface area contributed by atoms with E-state index in [9.17, 15) is 18.0 Å². The molecule has 0 aliphatic rings. The molecule has 0 radical (unpaired) electrons. The molecule has 0 bridgehead atoms. The average Bonchev–Trinajstić information content (AvgIpc) is 3.01. The fourth-order valence-corrected chi connectivity index (χ4v) is 3.06. The highest BCUT2D eigenvalue weighted by Gasteiger charge is 2.17. The number of alkyl carbamates (subject to hydrolysis) is 1. The minimum Gasteiger partial charge on any atom is -0.449 e. The number of benzene rings is 2. The van der Waals surface area contributed by atoms with E-state index < -0.39 is 23.5 Å². The van der Waals surface area contributed by atoms with Crippen LogP contribution in [0.4, 0.5) is 18.0 Å². The third kappa shape index (κ3) is 4.47. The van der Waals surface area contributed by atoms with Crippen LogP contribution in [0, 0.1) is 17.5 Å². The summed E-state index contributed by atoms with van der Waals surface area (Å²) in [4.78, 5) is 14.7. The van der Waals surface area contributed by atoms with Gasteiger partial charge in [-0.1, -0.05) is 13.3 Å². The van der Waals surface area contributed by atoms with Crippen LogP contribution in [0.15, 0.2) is 36.4 Å². The second-order valence-electron chi connectivity index (χ2n) is 6.46. The molecule has 0 saturated carbocycles. The standard InChI is InChI=1S/C21H21F3N2O2/c1-2-3-9-25-21(27)28-10-8-16-17-11-15(23)12-18(24)20(17)26-19(16)13-4-6-14(22)7-5-13/h4-7,11-12,26H,2-3,8-10H2,1H3,(H,25,27). The molecule has 4 nitrogen and oxygen atoms in total. The second kappa shape index (κ2) is 8.82. The molecule has 7 heteroatoms. The topological polar surface area (TPSA) is 54.1 Å². The molecule has 0 spiro atoms. The Bertz CT molecular complexity index is 968. The van der Waals surface area contributed by atoms with Gasteiger partial charge in [0.2, 0.25) is 0 Å². The Kier molecular flexibility index (Phi) is 6.23. The van der Waals surface area contributed by atoms with Gasteiger partial charge in [-0.15, -0.1) is 0 Å². The largest absolute Gasteiger partial charge is 0.449 e. The summed E-state index contributed by atoms with van der Waals surface area (Å²) in [5.74, 6) is -1.82. The molecule has 0 aliphatic heterocycles. The monoisotopic (exact) mass is 390 g/mol. The number of carbonyl (C=O) groups is 1. The molecular formula is C21H21F3N2O2. The van der Waals surface area contributed by atoms with Crippen LogP contribution >= 0.6 is 0 Å². The summed E-state index contributed by atoms with van der Waals surface area (Å²) in [6.45, 7) is 2.58. The number of carbonyl (C=O) groups excluding carboxylic acids is 1. The number of amides is 1. The molecule has 1 aromatic heterocycles. The van der Waals surface area contributed by atoms with Crippen LogP contribution in [0.25, 0.3) is 22.2 Å². The lowest BCUT2D eigenvalue weighted by Gasteiger charge is -2.08. The summed E-state index contributed by atoms with van der Waals surface area (Å²) in [6, 6.07) is 7.72. The number of fused-ring (bicyclic) bond motifs is 1. The summed E-state index contributed by atoms with van der Waals surface area (Å²) in [5, 5.41) is 3.01. The Morgan fingerprint density at radius 1 is 1.11 bits per heavy atom. The van der Waals surface area contributed by atoms with Crippen LogP contribution in [-0.2, 0) is 11.2 Å². The molecule has 2 aromatic carbocycles. The van der Waals surface area contributed by atoms with Crippen LogP contribution in [0.2, 0.25) is 0 Å². The first-order chi connectivity index (χ1) is 13.5. The highest BCUT2D eigenvalue weighted by Crippen LogP contribution is 2.32. The maximum absolute atomic E-state index is 14.2. The van der Waals surface area contributed by atoms with Crippen LogP contribution in [0.1, 0.15) is 25.3 Å². The third-order valence-electron chi connectivity index (χ3n) is 4.45. The maximum atomic E-state index is 14.2. The van der Waals surface area contributed by atoms with E-state index in [4.69, 9.17) is 4.74 Å². The van der Waals surface area contributed by atoms with Gasteiger partial charge in [0.05, 0.1) is 12.1 Å². The van der Waals surface area contributed by atoms with Gasteiger partial charge in [0.15, 0.2) is 0 Å². The van der Waals surface area contributed by atoms with Crippen molar-refractivity contribution in [3.8, 4) is 11.3 Å². The van der Waals surface area contributed by atoms with Gasteiger partial charge in [-0.2, -0.15) is 0 Å². The van der Waals surface area contributed by atoms with Crippen molar-refractivity contribution < 1.29 is 22.7 Å². The van der Waals surface area contributed by atoms with Crippen molar-refractivity contribution in [2.45, 2.75) is 26.2 Å². The number of hydrogen-bond donors (Lipinski definition) is 2. The molecular weight excluding hydrogens is 369 g/mol. The van der Waals surface area contributed by atoms with Crippen LogP contribution in [0.3, 0.4) is 0 Å². The van der Waals surface area contributed by atoms with Crippen LogP contribution in [-0.4, -0.2) is 24.2 Å². The van der Waals surface area contributed by atoms with Gasteiger partial charge in [-0.25, -0.2) is 18.0 Å². The minimum absolute atomic E-state index is 0.0389. The van der Waals surface area contributed by atoms with Gasteiger partial charge in [0, 0.05) is 30.1 Å². The van der Waals surface area contributed by atoms with Crippen molar-refractivity contribution in [2.75, 3.05) is 13.2 Å². The Balaban J connectivity index is 1.87. The van der Waals surface area contributed by atoms with Gasteiger partial charge >= 0.3 is 6.09 Å². The van der Waals surface area contributed by atoms with Gasteiger partial charge in [0.25, 0.3) is 0 Å². The highest BCUT2D eigenvalue weighted by atomic mass is 19.1. The number of aromatic nitrogens is 1. The molecule has 3 aromatic rings. The SMILES string of the molecule is CCCCNC(=O)OCCc1c(-c2ccc(F)cc2)[nH]c2c(F)cc(F)cc12. The molecule has 148 valence electrons. The number of hydrogen-bond acceptors (Lipinski definition) is 2. The molecule has 0 atom stereocenters. The first kappa shape index (κ1) is 19.8.